The first-order chi connectivity index (χ1) is 8.46. The minimum absolute atomic E-state index is 0.300. The van der Waals surface area contributed by atoms with Crippen LogP contribution in [0.4, 0.5) is 4.79 Å². The van der Waals surface area contributed by atoms with Gasteiger partial charge in [-0.25, -0.2) is 9.59 Å². The van der Waals surface area contributed by atoms with Gasteiger partial charge in [-0.15, -0.1) is 0 Å². The molecular weight excluding hydrogens is 236 g/mol. The van der Waals surface area contributed by atoms with Crippen LogP contribution in [0, 0.1) is 0 Å². The van der Waals surface area contributed by atoms with E-state index < -0.39 is 11.5 Å². The Balaban J connectivity index is 1.90. The molecule has 1 aliphatic carbocycles. The molecule has 2 rings (SSSR count). The molecule has 0 unspecified atom stereocenters. The van der Waals surface area contributed by atoms with Crippen LogP contribution < -0.4 is 10.6 Å². The molecule has 0 spiro atoms. The third-order valence-electron chi connectivity index (χ3n) is 3.98. The highest BCUT2D eigenvalue weighted by atomic mass is 16.5. The molecule has 2 aliphatic rings. The van der Waals surface area contributed by atoms with E-state index in [9.17, 15) is 9.59 Å². The number of hydrogen-bond donors (Lipinski definition) is 3. The Morgan fingerprint density at radius 2 is 1.72 bits per heavy atom. The molecule has 3 N–H and O–H groups in total. The number of hydrogen-bond acceptors (Lipinski definition) is 3. The summed E-state index contributed by atoms with van der Waals surface area (Å²) in [6.07, 6.45) is 3.36. The van der Waals surface area contributed by atoms with E-state index in [1.165, 1.54) is 0 Å². The van der Waals surface area contributed by atoms with Gasteiger partial charge in [-0.05, 0) is 39.0 Å². The van der Waals surface area contributed by atoms with Crippen LogP contribution in [0.2, 0.25) is 0 Å². The van der Waals surface area contributed by atoms with Gasteiger partial charge in [0.1, 0.15) is 5.54 Å². The van der Waals surface area contributed by atoms with Gasteiger partial charge < -0.3 is 20.5 Å². The highest BCUT2D eigenvalue weighted by Gasteiger charge is 2.46. The summed E-state index contributed by atoms with van der Waals surface area (Å²) in [4.78, 5) is 23.1. The molecule has 0 aromatic rings. The molecule has 0 aromatic heterocycles. The summed E-state index contributed by atoms with van der Waals surface area (Å²) in [5, 5.41) is 14.6. The number of carbonyl (C=O) groups excluding carboxylic acids is 1. The van der Waals surface area contributed by atoms with Gasteiger partial charge >= 0.3 is 12.0 Å². The van der Waals surface area contributed by atoms with Crippen molar-refractivity contribution in [3.63, 3.8) is 0 Å². The summed E-state index contributed by atoms with van der Waals surface area (Å²) >= 11 is 0. The van der Waals surface area contributed by atoms with E-state index in [2.05, 4.69) is 10.6 Å². The lowest BCUT2D eigenvalue weighted by molar-refractivity contribution is -0.148. The molecular formula is C12H20N2O4. The number of carboxylic acids is 1. The molecule has 18 heavy (non-hydrogen) atoms. The zero-order valence-electron chi connectivity index (χ0n) is 10.6. The molecule has 0 atom stereocenters. The van der Waals surface area contributed by atoms with E-state index in [1.54, 1.807) is 0 Å². The minimum Gasteiger partial charge on any atom is -0.480 e. The van der Waals surface area contributed by atoms with Crippen LogP contribution in [-0.4, -0.2) is 41.4 Å². The smallest absolute Gasteiger partial charge is 0.329 e. The summed E-state index contributed by atoms with van der Waals surface area (Å²) in [5.74, 6) is -0.943. The van der Waals surface area contributed by atoms with Crippen LogP contribution >= 0.6 is 0 Å². The first-order valence-corrected chi connectivity index (χ1v) is 6.37. The maximum Gasteiger partial charge on any atom is 0.329 e. The van der Waals surface area contributed by atoms with Crippen LogP contribution in [0.15, 0.2) is 0 Å². The topological polar surface area (TPSA) is 87.7 Å². The highest BCUT2D eigenvalue weighted by molar-refractivity contribution is 5.87. The standard InChI is InChI=1S/C12H20N2O4/c1-11(5-7-18-8-6-11)13-10(17)14-12(9(15)16)3-2-4-12/h2-8H2,1H3,(H,15,16)(H2,13,14,17). The summed E-state index contributed by atoms with van der Waals surface area (Å²) in [5.41, 5.74) is -1.35. The van der Waals surface area contributed by atoms with E-state index in [-0.39, 0.29) is 11.6 Å². The lowest BCUT2D eigenvalue weighted by Crippen LogP contribution is -2.64. The fourth-order valence-corrected chi connectivity index (χ4v) is 2.39. The second-order valence-electron chi connectivity index (χ2n) is 5.49. The summed E-state index contributed by atoms with van der Waals surface area (Å²) in [6.45, 7) is 3.21. The van der Waals surface area contributed by atoms with Crippen molar-refractivity contribution in [1.82, 2.24) is 10.6 Å². The molecule has 1 aliphatic heterocycles. The summed E-state index contributed by atoms with van der Waals surface area (Å²) in [7, 11) is 0. The lowest BCUT2D eigenvalue weighted by Gasteiger charge is -2.40. The molecule has 6 heteroatoms. The molecule has 0 radical (unpaired) electrons. The van der Waals surface area contributed by atoms with E-state index >= 15 is 0 Å². The Labute approximate surface area is 106 Å². The van der Waals surface area contributed by atoms with Gasteiger partial charge in [0.05, 0.1) is 0 Å². The van der Waals surface area contributed by atoms with Crippen LogP contribution in [-0.2, 0) is 9.53 Å². The van der Waals surface area contributed by atoms with Gasteiger partial charge in [0, 0.05) is 18.8 Å². The molecule has 2 amide bonds. The largest absolute Gasteiger partial charge is 0.480 e. The predicted octanol–water partition coefficient (Wildman–Crippen LogP) is 0.862. The van der Waals surface area contributed by atoms with Crippen LogP contribution in [0.25, 0.3) is 0 Å². The van der Waals surface area contributed by atoms with Crippen LogP contribution in [0.1, 0.15) is 39.0 Å². The van der Waals surface area contributed by atoms with Crippen LogP contribution in [0.5, 0.6) is 0 Å². The van der Waals surface area contributed by atoms with Crippen molar-refractivity contribution in [2.75, 3.05) is 13.2 Å². The maximum absolute atomic E-state index is 11.9. The number of amides is 2. The third kappa shape index (κ3) is 2.58. The fraction of sp³-hybridized carbons (Fsp3) is 0.833. The molecule has 102 valence electrons. The zero-order chi connectivity index (χ0) is 13.2. The van der Waals surface area contributed by atoms with Gasteiger partial charge in [0.15, 0.2) is 0 Å². The number of carbonyl (C=O) groups is 2. The highest BCUT2D eigenvalue weighted by Crippen LogP contribution is 2.32. The Morgan fingerprint density at radius 1 is 1.11 bits per heavy atom. The van der Waals surface area contributed by atoms with Gasteiger partial charge in [0.25, 0.3) is 0 Å². The second kappa shape index (κ2) is 4.76. The third-order valence-corrected chi connectivity index (χ3v) is 3.98. The van der Waals surface area contributed by atoms with E-state index in [4.69, 9.17) is 9.84 Å². The monoisotopic (exact) mass is 256 g/mol. The first-order valence-electron chi connectivity index (χ1n) is 6.37. The van der Waals surface area contributed by atoms with Crippen molar-refractivity contribution in [3.05, 3.63) is 0 Å². The maximum atomic E-state index is 11.9. The Morgan fingerprint density at radius 3 is 2.17 bits per heavy atom. The zero-order valence-corrected chi connectivity index (χ0v) is 10.6. The molecule has 0 bridgehead atoms. The minimum atomic E-state index is -1.05. The average molecular weight is 256 g/mol. The normalized spacial score (nSPS) is 24.7. The summed E-state index contributed by atoms with van der Waals surface area (Å²) < 4.78 is 5.25. The van der Waals surface area contributed by atoms with Crippen molar-refractivity contribution >= 4 is 12.0 Å². The number of rotatable bonds is 3. The van der Waals surface area contributed by atoms with Crippen molar-refractivity contribution in [1.29, 1.82) is 0 Å². The number of aliphatic carboxylic acids is 1. The van der Waals surface area contributed by atoms with E-state index in [0.717, 1.165) is 19.3 Å². The predicted molar refractivity (Wildman–Crippen MR) is 64.3 cm³/mol. The second-order valence-corrected chi connectivity index (χ2v) is 5.49. The molecule has 0 aromatic carbocycles. The van der Waals surface area contributed by atoms with E-state index in [0.29, 0.717) is 26.1 Å². The quantitative estimate of drug-likeness (QED) is 0.699. The van der Waals surface area contributed by atoms with Crippen molar-refractivity contribution in [2.45, 2.75) is 50.1 Å². The Kier molecular flexibility index (Phi) is 3.47. The molecule has 2 fully saturated rings. The fourth-order valence-electron chi connectivity index (χ4n) is 2.39. The van der Waals surface area contributed by atoms with Gasteiger partial charge in [0.2, 0.25) is 0 Å². The molecule has 1 saturated heterocycles. The van der Waals surface area contributed by atoms with Gasteiger partial charge in [-0.1, -0.05) is 0 Å². The lowest BCUT2D eigenvalue weighted by atomic mass is 9.77. The Bertz CT molecular complexity index is 346. The number of carboxylic acid groups (broad SMARTS) is 1. The van der Waals surface area contributed by atoms with Gasteiger partial charge in [-0.2, -0.15) is 0 Å². The van der Waals surface area contributed by atoms with Gasteiger partial charge in [-0.3, -0.25) is 0 Å². The van der Waals surface area contributed by atoms with Crippen molar-refractivity contribution in [2.24, 2.45) is 0 Å². The SMILES string of the molecule is CC1(NC(=O)NC2(C(=O)O)CCC2)CCOCC1. The van der Waals surface area contributed by atoms with Crippen molar-refractivity contribution in [3.8, 4) is 0 Å². The summed E-state index contributed by atoms with van der Waals surface area (Å²) in [6, 6.07) is -0.387. The molecule has 1 saturated carbocycles. The number of ether oxygens (including phenoxy) is 1. The van der Waals surface area contributed by atoms with E-state index in [1.807, 2.05) is 6.92 Å². The number of nitrogens with one attached hydrogen (secondary N) is 2. The van der Waals surface area contributed by atoms with Crippen LogP contribution in [0.3, 0.4) is 0 Å². The first kappa shape index (κ1) is 13.1. The average Bonchev–Trinajstić information content (AvgIpc) is 2.23. The number of urea groups is 1. The molecule has 1 heterocycles. The van der Waals surface area contributed by atoms with Crippen molar-refractivity contribution < 1.29 is 19.4 Å². The molecule has 6 nitrogen and oxygen atoms in total. The Hall–Kier alpha value is -1.30.